The summed E-state index contributed by atoms with van der Waals surface area (Å²) < 4.78 is 0. The predicted molar refractivity (Wildman–Crippen MR) is 94.2 cm³/mol. The van der Waals surface area contributed by atoms with E-state index in [-0.39, 0.29) is 5.91 Å². The third-order valence-corrected chi connectivity index (χ3v) is 6.42. The second-order valence-electron chi connectivity index (χ2n) is 7.18. The largest absolute Gasteiger partial charge is 0.481 e. The minimum atomic E-state index is -0.938. The van der Waals surface area contributed by atoms with Crippen LogP contribution in [0.5, 0.6) is 0 Å². The highest BCUT2D eigenvalue weighted by Gasteiger charge is 2.36. The van der Waals surface area contributed by atoms with Crippen molar-refractivity contribution in [3.63, 3.8) is 0 Å². The summed E-state index contributed by atoms with van der Waals surface area (Å²) in [4.78, 5) is 37.3. The van der Waals surface area contributed by atoms with Crippen molar-refractivity contribution < 1.29 is 19.5 Å². The molecule has 2 aliphatic rings. The molecule has 25 heavy (non-hydrogen) atoms. The van der Waals surface area contributed by atoms with Gasteiger partial charge in [-0.2, -0.15) is 0 Å². The van der Waals surface area contributed by atoms with Crippen LogP contribution in [0.3, 0.4) is 0 Å². The van der Waals surface area contributed by atoms with Crippen molar-refractivity contribution in [1.82, 2.24) is 10.9 Å². The highest BCUT2D eigenvalue weighted by Crippen LogP contribution is 2.33. The van der Waals surface area contributed by atoms with E-state index >= 15 is 0 Å². The monoisotopic (exact) mass is 364 g/mol. The lowest BCUT2D eigenvalue weighted by Crippen LogP contribution is -2.48. The summed E-state index contributed by atoms with van der Waals surface area (Å²) in [6, 6.07) is 0. The topological polar surface area (TPSA) is 95.5 Å². The Morgan fingerprint density at radius 3 is 2.56 bits per heavy atom. The zero-order valence-corrected chi connectivity index (χ0v) is 15.2. The molecule has 3 atom stereocenters. The van der Waals surface area contributed by atoms with Gasteiger partial charge in [-0.25, -0.2) is 0 Å². The maximum absolute atomic E-state index is 12.4. The van der Waals surface area contributed by atoms with Crippen LogP contribution in [-0.2, 0) is 22.4 Å². The molecule has 1 saturated carbocycles. The first-order valence-electron chi connectivity index (χ1n) is 8.89. The number of hydrogen-bond donors (Lipinski definition) is 3. The number of fused-ring (bicyclic) bond motifs is 1. The van der Waals surface area contributed by atoms with E-state index in [2.05, 4.69) is 17.8 Å². The molecule has 136 valence electrons. The molecule has 3 N–H and O–H groups in total. The van der Waals surface area contributed by atoms with Gasteiger partial charge in [0.25, 0.3) is 5.91 Å². The van der Waals surface area contributed by atoms with Crippen molar-refractivity contribution in [2.75, 3.05) is 0 Å². The highest BCUT2D eigenvalue weighted by atomic mass is 32.1. The zero-order valence-electron chi connectivity index (χ0n) is 14.3. The number of carbonyl (C=O) groups is 3. The average molecular weight is 364 g/mol. The molecule has 0 aliphatic heterocycles. The Balaban J connectivity index is 1.61. The smallest absolute Gasteiger partial charge is 0.307 e. The van der Waals surface area contributed by atoms with Gasteiger partial charge in [0, 0.05) is 10.3 Å². The quantitative estimate of drug-likeness (QED) is 0.718. The van der Waals surface area contributed by atoms with Crippen LogP contribution >= 0.6 is 11.3 Å². The van der Waals surface area contributed by atoms with Gasteiger partial charge >= 0.3 is 5.97 Å². The minimum Gasteiger partial charge on any atom is -0.481 e. The maximum Gasteiger partial charge on any atom is 0.307 e. The number of hydrazine groups is 1. The summed E-state index contributed by atoms with van der Waals surface area (Å²) >= 11 is 1.60. The van der Waals surface area contributed by atoms with E-state index in [1.807, 2.05) is 5.38 Å². The fraction of sp³-hybridized carbons (Fsp3) is 0.611. The number of carbonyl (C=O) groups excluding carboxylic acids is 2. The summed E-state index contributed by atoms with van der Waals surface area (Å²) in [5, 5.41) is 11.1. The lowest BCUT2D eigenvalue weighted by Gasteiger charge is -2.27. The molecule has 0 radical (unpaired) electrons. The Morgan fingerprint density at radius 1 is 1.12 bits per heavy atom. The first-order valence-corrected chi connectivity index (χ1v) is 9.77. The number of carboxylic acid groups (broad SMARTS) is 1. The molecule has 2 amide bonds. The molecule has 1 heterocycles. The second-order valence-corrected chi connectivity index (χ2v) is 8.14. The molecule has 1 aromatic rings. The van der Waals surface area contributed by atoms with Crippen molar-refractivity contribution in [3.8, 4) is 0 Å². The molecule has 0 aromatic carbocycles. The van der Waals surface area contributed by atoms with Crippen LogP contribution in [0.2, 0.25) is 0 Å². The average Bonchev–Trinajstić information content (AvgIpc) is 3.02. The normalized spacial score (nSPS) is 25.7. The van der Waals surface area contributed by atoms with Crippen molar-refractivity contribution >= 4 is 29.1 Å². The Kier molecular flexibility index (Phi) is 5.42. The van der Waals surface area contributed by atoms with Crippen LogP contribution in [0.4, 0.5) is 0 Å². The molecule has 0 saturated heterocycles. The lowest BCUT2D eigenvalue weighted by atomic mass is 9.79. The molecule has 0 bridgehead atoms. The molecule has 1 fully saturated rings. The summed E-state index contributed by atoms with van der Waals surface area (Å²) in [6.07, 6.45) is 5.68. The number of hydrogen-bond acceptors (Lipinski definition) is 4. The van der Waals surface area contributed by atoms with Crippen LogP contribution in [0.15, 0.2) is 5.38 Å². The molecule has 2 aliphatic carbocycles. The first kappa shape index (κ1) is 17.9. The van der Waals surface area contributed by atoms with E-state index < -0.39 is 23.7 Å². The third kappa shape index (κ3) is 3.86. The lowest BCUT2D eigenvalue weighted by molar-refractivity contribution is -0.149. The van der Waals surface area contributed by atoms with Gasteiger partial charge in [0.15, 0.2) is 0 Å². The molecule has 0 unspecified atom stereocenters. The molecular formula is C18H24N2O4S. The van der Waals surface area contributed by atoms with Gasteiger partial charge in [-0.15, -0.1) is 11.3 Å². The Labute approximate surface area is 151 Å². The van der Waals surface area contributed by atoms with E-state index in [1.165, 1.54) is 4.88 Å². The van der Waals surface area contributed by atoms with E-state index in [0.29, 0.717) is 24.3 Å². The van der Waals surface area contributed by atoms with E-state index in [4.69, 9.17) is 0 Å². The van der Waals surface area contributed by atoms with Crippen molar-refractivity contribution in [1.29, 1.82) is 0 Å². The molecular weight excluding hydrogens is 340 g/mol. The summed E-state index contributed by atoms with van der Waals surface area (Å²) in [7, 11) is 0. The Bertz CT molecular complexity index is 685. The fourth-order valence-electron chi connectivity index (χ4n) is 3.89. The van der Waals surface area contributed by atoms with Gasteiger partial charge in [-0.05, 0) is 43.6 Å². The summed E-state index contributed by atoms with van der Waals surface area (Å²) in [6.45, 7) is 2.21. The third-order valence-electron chi connectivity index (χ3n) is 5.37. The van der Waals surface area contributed by atoms with Crippen LogP contribution in [0.25, 0.3) is 0 Å². The number of carboxylic acids is 1. The van der Waals surface area contributed by atoms with E-state index in [1.54, 1.807) is 11.3 Å². The number of amides is 2. The standard InChI is InChI=1S/C18H24N2O4S/c1-10-6-7-11-14(9-25-15(11)8-10)17(22)20-19-16(21)12-4-2-3-5-13(12)18(23)24/h9-10,12-13H,2-8H2,1H3,(H,19,21)(H,20,22)(H,23,24)/t10-,12-,13+/m1/s1. The molecule has 1 aromatic heterocycles. The maximum atomic E-state index is 12.4. The minimum absolute atomic E-state index is 0.317. The number of rotatable bonds is 3. The van der Waals surface area contributed by atoms with Crippen molar-refractivity contribution in [2.24, 2.45) is 17.8 Å². The van der Waals surface area contributed by atoms with E-state index in [9.17, 15) is 19.5 Å². The Morgan fingerprint density at radius 2 is 1.84 bits per heavy atom. The van der Waals surface area contributed by atoms with Gasteiger partial charge in [-0.3, -0.25) is 25.2 Å². The molecule has 6 nitrogen and oxygen atoms in total. The van der Waals surface area contributed by atoms with E-state index in [0.717, 1.165) is 37.7 Å². The fourth-order valence-corrected chi connectivity index (χ4v) is 5.13. The SMILES string of the molecule is C[C@@H]1CCc2c(C(=O)NNC(=O)[C@@H]3CCCC[C@@H]3C(=O)O)csc2C1. The number of aliphatic carboxylic acids is 1. The second kappa shape index (κ2) is 7.56. The van der Waals surface area contributed by atoms with Gasteiger partial charge in [0.05, 0.1) is 17.4 Å². The van der Waals surface area contributed by atoms with Crippen molar-refractivity contribution in [2.45, 2.75) is 51.9 Å². The number of thiophene rings is 1. The first-order chi connectivity index (χ1) is 12.0. The van der Waals surface area contributed by atoms with Crippen LogP contribution in [0, 0.1) is 17.8 Å². The van der Waals surface area contributed by atoms with Crippen LogP contribution in [0.1, 0.15) is 59.8 Å². The summed E-state index contributed by atoms with van der Waals surface area (Å²) in [5.41, 5.74) is 6.65. The van der Waals surface area contributed by atoms with Gasteiger partial charge in [0.1, 0.15) is 0 Å². The zero-order chi connectivity index (χ0) is 18.0. The molecule has 7 heteroatoms. The predicted octanol–water partition coefficient (Wildman–Crippen LogP) is 2.52. The molecule has 0 spiro atoms. The van der Waals surface area contributed by atoms with Crippen LogP contribution in [-0.4, -0.2) is 22.9 Å². The highest BCUT2D eigenvalue weighted by molar-refractivity contribution is 7.10. The van der Waals surface area contributed by atoms with Crippen LogP contribution < -0.4 is 10.9 Å². The van der Waals surface area contributed by atoms with Crippen molar-refractivity contribution in [3.05, 3.63) is 21.4 Å². The number of nitrogens with one attached hydrogen (secondary N) is 2. The summed E-state index contributed by atoms with van der Waals surface area (Å²) in [5.74, 6) is -2.26. The molecule has 3 rings (SSSR count). The van der Waals surface area contributed by atoms with Gasteiger partial charge < -0.3 is 5.11 Å². The Hall–Kier alpha value is -1.89. The van der Waals surface area contributed by atoms with Gasteiger partial charge in [0.2, 0.25) is 5.91 Å². The van der Waals surface area contributed by atoms with Gasteiger partial charge in [-0.1, -0.05) is 19.8 Å².